The standard InChI is InChI=1S/C15H20F3N/c1-10-8-11(15(16,17)18)4-5-13(10)14(2)7-6-12(9-14)19-3/h4-5,8,12,19H,6-7,9H2,1-3H3. The summed E-state index contributed by atoms with van der Waals surface area (Å²) in [6, 6.07) is 4.61. The molecule has 2 rings (SSSR count). The first kappa shape index (κ1) is 14.4. The van der Waals surface area contributed by atoms with Crippen molar-refractivity contribution < 1.29 is 13.2 Å². The predicted octanol–water partition coefficient (Wildman–Crippen LogP) is 4.04. The van der Waals surface area contributed by atoms with Crippen LogP contribution >= 0.6 is 0 Å². The first-order valence-electron chi connectivity index (χ1n) is 6.62. The Morgan fingerprint density at radius 3 is 2.47 bits per heavy atom. The van der Waals surface area contributed by atoms with Crippen molar-refractivity contribution in [2.45, 2.75) is 50.7 Å². The van der Waals surface area contributed by atoms with E-state index in [1.54, 1.807) is 13.0 Å². The van der Waals surface area contributed by atoms with Crippen LogP contribution in [0.1, 0.15) is 42.9 Å². The molecule has 1 aromatic rings. The van der Waals surface area contributed by atoms with Gasteiger partial charge in [-0.3, -0.25) is 0 Å². The Kier molecular flexibility index (Phi) is 3.65. The summed E-state index contributed by atoms with van der Waals surface area (Å²) in [7, 11) is 1.94. The molecule has 1 aromatic carbocycles. The molecule has 0 saturated heterocycles. The van der Waals surface area contributed by atoms with Crippen LogP contribution in [0, 0.1) is 6.92 Å². The quantitative estimate of drug-likeness (QED) is 0.856. The van der Waals surface area contributed by atoms with Crippen LogP contribution in [0.5, 0.6) is 0 Å². The second-order valence-electron chi connectivity index (χ2n) is 5.82. The van der Waals surface area contributed by atoms with E-state index in [1.807, 2.05) is 7.05 Å². The van der Waals surface area contributed by atoms with Crippen molar-refractivity contribution in [3.8, 4) is 0 Å². The van der Waals surface area contributed by atoms with E-state index in [-0.39, 0.29) is 5.41 Å². The Morgan fingerprint density at radius 1 is 1.32 bits per heavy atom. The fourth-order valence-electron chi connectivity index (χ4n) is 3.25. The summed E-state index contributed by atoms with van der Waals surface area (Å²) < 4.78 is 38.0. The maximum absolute atomic E-state index is 12.7. The SMILES string of the molecule is CNC1CCC(C)(c2ccc(C(F)(F)F)cc2C)C1. The summed E-state index contributed by atoms with van der Waals surface area (Å²) in [5, 5.41) is 3.26. The molecule has 106 valence electrons. The highest BCUT2D eigenvalue weighted by Crippen LogP contribution is 2.43. The molecule has 0 aliphatic heterocycles. The van der Waals surface area contributed by atoms with Crippen LogP contribution in [0.25, 0.3) is 0 Å². The van der Waals surface area contributed by atoms with Crippen LogP contribution in [0.15, 0.2) is 18.2 Å². The van der Waals surface area contributed by atoms with Gasteiger partial charge in [-0.1, -0.05) is 13.0 Å². The minimum absolute atomic E-state index is 0.0120. The first-order valence-corrected chi connectivity index (χ1v) is 6.62. The molecule has 1 nitrogen and oxygen atoms in total. The van der Waals surface area contributed by atoms with Crippen molar-refractivity contribution in [1.82, 2.24) is 5.32 Å². The van der Waals surface area contributed by atoms with Crippen molar-refractivity contribution >= 4 is 0 Å². The molecule has 2 unspecified atom stereocenters. The van der Waals surface area contributed by atoms with Crippen LogP contribution in [-0.2, 0) is 11.6 Å². The number of hydrogen-bond acceptors (Lipinski definition) is 1. The van der Waals surface area contributed by atoms with Gasteiger partial charge in [-0.15, -0.1) is 0 Å². The smallest absolute Gasteiger partial charge is 0.317 e. The predicted molar refractivity (Wildman–Crippen MR) is 70.2 cm³/mol. The van der Waals surface area contributed by atoms with Crippen LogP contribution in [0.4, 0.5) is 13.2 Å². The number of aryl methyl sites for hydroxylation is 1. The van der Waals surface area contributed by atoms with Crippen molar-refractivity contribution in [1.29, 1.82) is 0 Å². The van der Waals surface area contributed by atoms with Gasteiger partial charge in [0.2, 0.25) is 0 Å². The van der Waals surface area contributed by atoms with E-state index in [9.17, 15) is 13.2 Å². The number of benzene rings is 1. The summed E-state index contributed by atoms with van der Waals surface area (Å²) >= 11 is 0. The molecule has 1 aliphatic rings. The van der Waals surface area contributed by atoms with Crippen LogP contribution in [0.3, 0.4) is 0 Å². The van der Waals surface area contributed by atoms with Crippen molar-refractivity contribution in [3.05, 3.63) is 34.9 Å². The van der Waals surface area contributed by atoms with E-state index >= 15 is 0 Å². The van der Waals surface area contributed by atoms with Gasteiger partial charge in [0.15, 0.2) is 0 Å². The van der Waals surface area contributed by atoms with E-state index in [0.29, 0.717) is 6.04 Å². The number of alkyl halides is 3. The minimum Gasteiger partial charge on any atom is -0.317 e. The second-order valence-corrected chi connectivity index (χ2v) is 5.82. The molecule has 0 bridgehead atoms. The Labute approximate surface area is 112 Å². The molecule has 1 saturated carbocycles. The van der Waals surface area contributed by atoms with Gasteiger partial charge in [-0.2, -0.15) is 13.2 Å². The van der Waals surface area contributed by atoms with Crippen LogP contribution in [0.2, 0.25) is 0 Å². The Morgan fingerprint density at radius 2 is 2.00 bits per heavy atom. The molecule has 1 fully saturated rings. The minimum atomic E-state index is -4.26. The topological polar surface area (TPSA) is 12.0 Å². The normalized spacial score (nSPS) is 27.8. The van der Waals surface area contributed by atoms with Gasteiger partial charge in [-0.05, 0) is 61.9 Å². The molecule has 0 amide bonds. The van der Waals surface area contributed by atoms with E-state index < -0.39 is 11.7 Å². The molecule has 4 heteroatoms. The average Bonchev–Trinajstić information content (AvgIpc) is 2.70. The van der Waals surface area contributed by atoms with Gasteiger partial charge in [0.25, 0.3) is 0 Å². The molecule has 19 heavy (non-hydrogen) atoms. The van der Waals surface area contributed by atoms with Gasteiger partial charge in [0.05, 0.1) is 5.56 Å². The zero-order chi connectivity index (χ0) is 14.3. The molecule has 0 spiro atoms. The van der Waals surface area contributed by atoms with Gasteiger partial charge >= 0.3 is 6.18 Å². The number of nitrogens with one attached hydrogen (secondary N) is 1. The van der Waals surface area contributed by atoms with Gasteiger partial charge in [0, 0.05) is 6.04 Å². The van der Waals surface area contributed by atoms with Crippen molar-refractivity contribution in [3.63, 3.8) is 0 Å². The van der Waals surface area contributed by atoms with E-state index in [4.69, 9.17) is 0 Å². The summed E-state index contributed by atoms with van der Waals surface area (Å²) in [5.74, 6) is 0. The van der Waals surface area contributed by atoms with Gasteiger partial charge in [0.1, 0.15) is 0 Å². The number of rotatable bonds is 2. The largest absolute Gasteiger partial charge is 0.416 e. The summed E-state index contributed by atoms with van der Waals surface area (Å²) in [6.45, 7) is 3.93. The lowest BCUT2D eigenvalue weighted by Gasteiger charge is -2.27. The molecule has 0 radical (unpaired) electrons. The molecule has 0 aromatic heterocycles. The monoisotopic (exact) mass is 271 g/mol. The second kappa shape index (κ2) is 4.82. The summed E-state index contributed by atoms with van der Waals surface area (Å²) in [4.78, 5) is 0. The van der Waals surface area contributed by atoms with Gasteiger partial charge < -0.3 is 5.32 Å². The maximum Gasteiger partial charge on any atom is 0.416 e. The molecular weight excluding hydrogens is 251 g/mol. The van der Waals surface area contributed by atoms with E-state index in [0.717, 1.165) is 30.4 Å². The van der Waals surface area contributed by atoms with Crippen molar-refractivity contribution in [2.75, 3.05) is 7.05 Å². The Balaban J connectivity index is 2.32. The third-order valence-electron chi connectivity index (χ3n) is 4.35. The third kappa shape index (κ3) is 2.78. The van der Waals surface area contributed by atoms with Crippen LogP contribution in [-0.4, -0.2) is 13.1 Å². The highest BCUT2D eigenvalue weighted by atomic mass is 19.4. The lowest BCUT2D eigenvalue weighted by atomic mass is 9.78. The van der Waals surface area contributed by atoms with E-state index in [1.165, 1.54) is 12.1 Å². The fourth-order valence-corrected chi connectivity index (χ4v) is 3.25. The molecule has 1 aliphatic carbocycles. The zero-order valence-corrected chi connectivity index (χ0v) is 11.6. The molecule has 2 atom stereocenters. The lowest BCUT2D eigenvalue weighted by molar-refractivity contribution is -0.137. The number of halogens is 3. The number of hydrogen-bond donors (Lipinski definition) is 1. The Hall–Kier alpha value is -1.03. The van der Waals surface area contributed by atoms with Crippen molar-refractivity contribution in [2.24, 2.45) is 0 Å². The third-order valence-corrected chi connectivity index (χ3v) is 4.35. The average molecular weight is 271 g/mol. The lowest BCUT2D eigenvalue weighted by Crippen LogP contribution is -2.26. The molecular formula is C15H20F3N. The van der Waals surface area contributed by atoms with Gasteiger partial charge in [-0.25, -0.2) is 0 Å². The maximum atomic E-state index is 12.7. The summed E-state index contributed by atoms with van der Waals surface area (Å²) in [5.41, 5.74) is 1.23. The molecule has 0 heterocycles. The molecule has 1 N–H and O–H groups in total. The summed E-state index contributed by atoms with van der Waals surface area (Å²) in [6.07, 6.45) is -1.18. The highest BCUT2D eigenvalue weighted by molar-refractivity contribution is 5.38. The fraction of sp³-hybridized carbons (Fsp3) is 0.600. The first-order chi connectivity index (χ1) is 8.76. The Bertz CT molecular complexity index is 467. The van der Waals surface area contributed by atoms with Crippen LogP contribution < -0.4 is 5.32 Å². The van der Waals surface area contributed by atoms with E-state index in [2.05, 4.69) is 12.2 Å². The highest BCUT2D eigenvalue weighted by Gasteiger charge is 2.38. The zero-order valence-electron chi connectivity index (χ0n) is 11.6.